The SMILES string of the molecule is CC(NS(=O)(=O)c1ccc([N+](=O)[O-])cc1)c1cc(F)ccc1N1CCN(C)CC1. The van der Waals surface area contributed by atoms with Crippen molar-refractivity contribution in [2.75, 3.05) is 38.1 Å². The molecule has 1 aliphatic rings. The molecular formula is C19H23FN4O4S. The third-order valence-electron chi connectivity index (χ3n) is 4.99. The maximum atomic E-state index is 13.9. The molecule has 0 radical (unpaired) electrons. The number of sulfonamides is 1. The second-order valence-corrected chi connectivity index (χ2v) is 8.80. The number of rotatable bonds is 6. The molecular weight excluding hydrogens is 399 g/mol. The van der Waals surface area contributed by atoms with Crippen LogP contribution >= 0.6 is 0 Å². The number of likely N-dealkylation sites (N-methyl/N-ethyl adjacent to an activating group) is 1. The number of halogens is 1. The maximum absolute atomic E-state index is 13.9. The van der Waals surface area contributed by atoms with Crippen LogP contribution < -0.4 is 9.62 Å². The van der Waals surface area contributed by atoms with Gasteiger partial charge in [0.15, 0.2) is 0 Å². The Balaban J connectivity index is 1.85. The molecule has 0 bridgehead atoms. The zero-order chi connectivity index (χ0) is 21.2. The first kappa shape index (κ1) is 21.2. The van der Waals surface area contributed by atoms with E-state index in [0.29, 0.717) is 5.56 Å². The number of nitro groups is 1. The minimum atomic E-state index is -3.94. The maximum Gasteiger partial charge on any atom is 0.269 e. The lowest BCUT2D eigenvalue weighted by Gasteiger charge is -2.36. The molecule has 2 aromatic carbocycles. The van der Waals surface area contributed by atoms with Crippen molar-refractivity contribution in [1.82, 2.24) is 9.62 Å². The molecule has 0 saturated carbocycles. The summed E-state index contributed by atoms with van der Waals surface area (Å²) in [5, 5.41) is 10.8. The molecule has 1 fully saturated rings. The van der Waals surface area contributed by atoms with Gasteiger partial charge in [0.05, 0.1) is 9.82 Å². The number of nitrogens with zero attached hydrogens (tertiary/aromatic N) is 3. The number of nitrogens with one attached hydrogen (secondary N) is 1. The minimum Gasteiger partial charge on any atom is -0.369 e. The Morgan fingerprint density at radius 1 is 1.10 bits per heavy atom. The van der Waals surface area contributed by atoms with Gasteiger partial charge >= 0.3 is 0 Å². The van der Waals surface area contributed by atoms with Crippen LogP contribution in [0.15, 0.2) is 47.4 Å². The van der Waals surface area contributed by atoms with Crippen LogP contribution in [-0.2, 0) is 10.0 Å². The Morgan fingerprint density at radius 3 is 2.31 bits per heavy atom. The first-order chi connectivity index (χ1) is 13.7. The van der Waals surface area contributed by atoms with Crippen LogP contribution in [0.1, 0.15) is 18.5 Å². The lowest BCUT2D eigenvalue weighted by molar-refractivity contribution is -0.384. The average Bonchev–Trinajstić information content (AvgIpc) is 2.68. The van der Waals surface area contributed by atoms with E-state index in [2.05, 4.69) is 14.5 Å². The molecule has 0 amide bonds. The van der Waals surface area contributed by atoms with E-state index < -0.39 is 26.8 Å². The van der Waals surface area contributed by atoms with Crippen molar-refractivity contribution in [2.24, 2.45) is 0 Å². The number of anilines is 1. The molecule has 1 saturated heterocycles. The lowest BCUT2D eigenvalue weighted by atomic mass is 10.0. The quantitative estimate of drug-likeness (QED) is 0.568. The highest BCUT2D eigenvalue weighted by molar-refractivity contribution is 7.89. The Hall–Kier alpha value is -2.56. The fourth-order valence-electron chi connectivity index (χ4n) is 3.32. The Labute approximate surface area is 169 Å². The van der Waals surface area contributed by atoms with Crippen LogP contribution in [0.25, 0.3) is 0 Å². The van der Waals surface area contributed by atoms with E-state index in [1.807, 2.05) is 7.05 Å². The third-order valence-corrected chi connectivity index (χ3v) is 6.55. The van der Waals surface area contributed by atoms with Crippen LogP contribution in [0, 0.1) is 15.9 Å². The lowest BCUT2D eigenvalue weighted by Crippen LogP contribution is -2.45. The van der Waals surface area contributed by atoms with Crippen molar-refractivity contribution in [3.63, 3.8) is 0 Å². The van der Waals surface area contributed by atoms with E-state index >= 15 is 0 Å². The number of hydrogen-bond acceptors (Lipinski definition) is 6. The van der Waals surface area contributed by atoms with Crippen molar-refractivity contribution in [2.45, 2.75) is 17.9 Å². The van der Waals surface area contributed by atoms with Crippen LogP contribution in [-0.4, -0.2) is 51.5 Å². The molecule has 1 N–H and O–H groups in total. The van der Waals surface area contributed by atoms with Gasteiger partial charge in [-0.15, -0.1) is 0 Å². The van der Waals surface area contributed by atoms with Gasteiger partial charge in [0.2, 0.25) is 10.0 Å². The van der Waals surface area contributed by atoms with Gasteiger partial charge in [0, 0.05) is 50.0 Å². The molecule has 0 spiro atoms. The Bertz CT molecular complexity index is 990. The van der Waals surface area contributed by atoms with E-state index in [4.69, 9.17) is 0 Å². The zero-order valence-corrected chi connectivity index (χ0v) is 17.0. The molecule has 2 aromatic rings. The second-order valence-electron chi connectivity index (χ2n) is 7.09. The predicted octanol–water partition coefficient (Wildman–Crippen LogP) is 2.53. The van der Waals surface area contributed by atoms with Crippen LogP contribution in [0.4, 0.5) is 15.8 Å². The van der Waals surface area contributed by atoms with Crippen molar-refractivity contribution in [3.8, 4) is 0 Å². The molecule has 3 rings (SSSR count). The summed E-state index contributed by atoms with van der Waals surface area (Å²) < 4.78 is 41.9. The van der Waals surface area contributed by atoms with E-state index in [9.17, 15) is 22.9 Å². The van der Waals surface area contributed by atoms with E-state index in [1.165, 1.54) is 24.3 Å². The molecule has 0 aromatic heterocycles. The minimum absolute atomic E-state index is 0.0903. The normalized spacial score (nSPS) is 16.6. The topological polar surface area (TPSA) is 95.8 Å². The number of piperazine rings is 1. The third kappa shape index (κ3) is 4.89. The van der Waals surface area contributed by atoms with Gasteiger partial charge < -0.3 is 9.80 Å². The second kappa shape index (κ2) is 8.44. The first-order valence-electron chi connectivity index (χ1n) is 9.17. The number of non-ortho nitro benzene ring substituents is 1. The van der Waals surface area contributed by atoms with Gasteiger partial charge in [-0.05, 0) is 49.9 Å². The van der Waals surface area contributed by atoms with Crippen LogP contribution in [0.3, 0.4) is 0 Å². The Kier molecular flexibility index (Phi) is 6.15. The fourth-order valence-corrected chi connectivity index (χ4v) is 4.54. The Morgan fingerprint density at radius 2 is 1.72 bits per heavy atom. The summed E-state index contributed by atoms with van der Waals surface area (Å²) in [7, 11) is -1.91. The summed E-state index contributed by atoms with van der Waals surface area (Å²) in [6, 6.07) is 8.33. The predicted molar refractivity (Wildman–Crippen MR) is 108 cm³/mol. The molecule has 29 heavy (non-hydrogen) atoms. The molecule has 156 valence electrons. The summed E-state index contributed by atoms with van der Waals surface area (Å²) in [5.41, 5.74) is 1.14. The molecule has 0 aliphatic carbocycles. The van der Waals surface area contributed by atoms with Crippen molar-refractivity contribution in [3.05, 3.63) is 64.0 Å². The summed E-state index contributed by atoms with van der Waals surface area (Å²) in [5.74, 6) is -0.445. The van der Waals surface area contributed by atoms with Crippen molar-refractivity contribution < 1.29 is 17.7 Å². The van der Waals surface area contributed by atoms with Gasteiger partial charge in [0.1, 0.15) is 5.82 Å². The van der Waals surface area contributed by atoms with Gasteiger partial charge in [-0.2, -0.15) is 0 Å². The van der Waals surface area contributed by atoms with Gasteiger partial charge in [-0.25, -0.2) is 17.5 Å². The summed E-state index contributed by atoms with van der Waals surface area (Å²) in [6.07, 6.45) is 0. The standard InChI is InChI=1S/C19H23FN4O4S/c1-14(21-29(27,28)17-6-4-16(5-7-17)24(25)26)18-13-15(20)3-8-19(18)23-11-9-22(2)10-12-23/h3-8,13-14,21H,9-12H2,1-2H3. The smallest absolute Gasteiger partial charge is 0.269 e. The van der Waals surface area contributed by atoms with Crippen LogP contribution in [0.2, 0.25) is 0 Å². The van der Waals surface area contributed by atoms with E-state index in [0.717, 1.165) is 44.0 Å². The summed E-state index contributed by atoms with van der Waals surface area (Å²) in [6.45, 7) is 4.89. The van der Waals surface area contributed by atoms with Crippen LogP contribution in [0.5, 0.6) is 0 Å². The molecule has 10 heteroatoms. The van der Waals surface area contributed by atoms with Crippen molar-refractivity contribution >= 4 is 21.4 Å². The molecule has 1 heterocycles. The highest BCUT2D eigenvalue weighted by Gasteiger charge is 2.24. The highest BCUT2D eigenvalue weighted by Crippen LogP contribution is 2.29. The summed E-state index contributed by atoms with van der Waals surface area (Å²) in [4.78, 5) is 14.4. The van der Waals surface area contributed by atoms with Gasteiger partial charge in [-0.1, -0.05) is 0 Å². The number of hydrogen-bond donors (Lipinski definition) is 1. The van der Waals surface area contributed by atoms with E-state index in [1.54, 1.807) is 13.0 Å². The van der Waals surface area contributed by atoms with E-state index in [-0.39, 0.29) is 10.6 Å². The molecule has 1 atom stereocenters. The monoisotopic (exact) mass is 422 g/mol. The highest BCUT2D eigenvalue weighted by atomic mass is 32.2. The molecule has 8 nitrogen and oxygen atoms in total. The van der Waals surface area contributed by atoms with Gasteiger partial charge in [0.25, 0.3) is 5.69 Å². The number of benzene rings is 2. The largest absolute Gasteiger partial charge is 0.369 e. The molecule has 1 unspecified atom stereocenters. The fraction of sp³-hybridized carbons (Fsp3) is 0.368. The first-order valence-corrected chi connectivity index (χ1v) is 10.7. The van der Waals surface area contributed by atoms with Crippen molar-refractivity contribution in [1.29, 1.82) is 0 Å². The number of nitro benzene ring substituents is 1. The average molecular weight is 422 g/mol. The molecule has 1 aliphatic heterocycles. The zero-order valence-electron chi connectivity index (χ0n) is 16.2. The van der Waals surface area contributed by atoms with Gasteiger partial charge in [-0.3, -0.25) is 10.1 Å². The summed E-state index contributed by atoms with van der Waals surface area (Å²) >= 11 is 0.